The van der Waals surface area contributed by atoms with Gasteiger partial charge >= 0.3 is 0 Å². The molecule has 0 unspecified atom stereocenters. The monoisotopic (exact) mass is 219 g/mol. The molecule has 0 atom stereocenters. The van der Waals surface area contributed by atoms with Gasteiger partial charge in [-0.3, -0.25) is 9.78 Å². The number of nitrogens with zero attached hydrogens (tertiary/aromatic N) is 1. The average molecular weight is 219 g/mol. The minimum Gasteiger partial charge on any atom is -0.490 e. The number of hydrogen-bond donors (Lipinski definition) is 0. The van der Waals surface area contributed by atoms with E-state index in [0.29, 0.717) is 11.8 Å². The molecule has 0 radical (unpaired) electrons. The summed E-state index contributed by atoms with van der Waals surface area (Å²) in [5.74, 6) is 0.812. The molecule has 86 valence electrons. The van der Waals surface area contributed by atoms with E-state index in [2.05, 4.69) is 25.8 Å². The predicted molar refractivity (Wildman–Crippen MR) is 62.0 cm³/mol. The van der Waals surface area contributed by atoms with Crippen LogP contribution in [-0.4, -0.2) is 17.4 Å². The average Bonchev–Trinajstić information content (AvgIpc) is 2.99. The number of carbonyl (C=O) groups is 1. The molecule has 1 aliphatic rings. The first kappa shape index (κ1) is 11.1. The largest absolute Gasteiger partial charge is 0.490 e. The topological polar surface area (TPSA) is 39.2 Å². The minimum atomic E-state index is -0.130. The molecule has 16 heavy (non-hydrogen) atoms. The highest BCUT2D eigenvalue weighted by atomic mass is 16.5. The lowest BCUT2D eigenvalue weighted by Crippen LogP contribution is -2.17. The van der Waals surface area contributed by atoms with Crippen LogP contribution in [-0.2, 0) is 5.41 Å². The van der Waals surface area contributed by atoms with Gasteiger partial charge in [0.2, 0.25) is 0 Å². The second kappa shape index (κ2) is 3.89. The summed E-state index contributed by atoms with van der Waals surface area (Å²) in [5, 5.41) is 0. The Hall–Kier alpha value is -1.38. The van der Waals surface area contributed by atoms with Crippen LogP contribution < -0.4 is 4.74 Å². The quantitative estimate of drug-likeness (QED) is 0.734. The molecule has 1 aromatic rings. The van der Waals surface area contributed by atoms with E-state index in [9.17, 15) is 4.79 Å². The molecule has 0 bridgehead atoms. The van der Waals surface area contributed by atoms with Crippen LogP contribution >= 0.6 is 0 Å². The molecule has 1 heterocycles. The summed E-state index contributed by atoms with van der Waals surface area (Å²) in [6.07, 6.45) is 5.00. The van der Waals surface area contributed by atoms with Gasteiger partial charge in [-0.05, 0) is 24.3 Å². The fraction of sp³-hybridized carbons (Fsp3) is 0.538. The third kappa shape index (κ3) is 2.23. The van der Waals surface area contributed by atoms with Crippen molar-refractivity contribution in [2.45, 2.75) is 45.1 Å². The maximum absolute atomic E-state index is 11.0. The Morgan fingerprint density at radius 1 is 1.44 bits per heavy atom. The molecule has 0 saturated heterocycles. The van der Waals surface area contributed by atoms with Crippen molar-refractivity contribution in [3.8, 4) is 5.75 Å². The van der Waals surface area contributed by atoms with Crippen LogP contribution in [0, 0.1) is 0 Å². The van der Waals surface area contributed by atoms with Crippen LogP contribution in [0.3, 0.4) is 0 Å². The van der Waals surface area contributed by atoms with Crippen LogP contribution in [0.5, 0.6) is 5.75 Å². The van der Waals surface area contributed by atoms with Crippen molar-refractivity contribution in [3.63, 3.8) is 0 Å². The molecule has 3 nitrogen and oxygen atoms in total. The molecule has 0 N–H and O–H groups in total. The minimum absolute atomic E-state index is 0.130. The van der Waals surface area contributed by atoms with Crippen molar-refractivity contribution in [2.24, 2.45) is 0 Å². The van der Waals surface area contributed by atoms with Crippen molar-refractivity contribution < 1.29 is 9.53 Å². The first-order chi connectivity index (χ1) is 7.52. The van der Waals surface area contributed by atoms with Gasteiger partial charge in [-0.1, -0.05) is 20.8 Å². The summed E-state index contributed by atoms with van der Waals surface area (Å²) < 4.78 is 5.83. The Balaban J connectivity index is 2.44. The van der Waals surface area contributed by atoms with Gasteiger partial charge in [0.1, 0.15) is 11.4 Å². The van der Waals surface area contributed by atoms with Crippen LogP contribution in [0.15, 0.2) is 12.3 Å². The van der Waals surface area contributed by atoms with E-state index in [4.69, 9.17) is 4.74 Å². The van der Waals surface area contributed by atoms with Gasteiger partial charge in [-0.15, -0.1) is 0 Å². The first-order valence-electron chi connectivity index (χ1n) is 5.63. The smallest absolute Gasteiger partial charge is 0.168 e. The van der Waals surface area contributed by atoms with E-state index in [0.717, 1.165) is 30.4 Å². The number of carbonyl (C=O) groups excluding carboxylic acids is 1. The zero-order chi connectivity index (χ0) is 11.8. The molecular weight excluding hydrogens is 202 g/mol. The van der Waals surface area contributed by atoms with E-state index in [1.807, 2.05) is 6.07 Å². The Labute approximate surface area is 95.8 Å². The fourth-order valence-electron chi connectivity index (χ4n) is 1.77. The van der Waals surface area contributed by atoms with Gasteiger partial charge in [0, 0.05) is 11.8 Å². The molecule has 1 fully saturated rings. The Kier molecular flexibility index (Phi) is 2.70. The normalized spacial score (nSPS) is 15.9. The van der Waals surface area contributed by atoms with Crippen LogP contribution in [0.1, 0.15) is 49.7 Å². The Bertz CT molecular complexity index is 403. The molecule has 1 saturated carbocycles. The lowest BCUT2D eigenvalue weighted by molar-refractivity contribution is 0.111. The summed E-state index contributed by atoms with van der Waals surface area (Å²) in [4.78, 5) is 15.1. The highest BCUT2D eigenvalue weighted by molar-refractivity contribution is 5.76. The summed E-state index contributed by atoms with van der Waals surface area (Å²) >= 11 is 0. The third-order valence-electron chi connectivity index (χ3n) is 2.62. The molecule has 3 heteroatoms. The van der Waals surface area contributed by atoms with Crippen LogP contribution in [0.25, 0.3) is 0 Å². The summed E-state index contributed by atoms with van der Waals surface area (Å²) in [6, 6.07) is 1.85. The summed E-state index contributed by atoms with van der Waals surface area (Å²) in [5.41, 5.74) is 1.27. The van der Waals surface area contributed by atoms with Gasteiger partial charge in [-0.25, -0.2) is 0 Å². The van der Waals surface area contributed by atoms with Crippen molar-refractivity contribution in [1.82, 2.24) is 4.98 Å². The maximum Gasteiger partial charge on any atom is 0.168 e. The summed E-state index contributed by atoms with van der Waals surface area (Å²) in [6.45, 7) is 6.20. The number of hydrogen-bond acceptors (Lipinski definition) is 3. The molecule has 2 rings (SSSR count). The SMILES string of the molecule is CC(C)(C)c1c(OC2CC2)ccnc1C=O. The molecule has 0 amide bonds. The lowest BCUT2D eigenvalue weighted by Gasteiger charge is -2.23. The lowest BCUT2D eigenvalue weighted by atomic mass is 9.85. The van der Waals surface area contributed by atoms with Crippen molar-refractivity contribution in [1.29, 1.82) is 0 Å². The number of pyridine rings is 1. The molecular formula is C13H17NO2. The fourth-order valence-corrected chi connectivity index (χ4v) is 1.77. The first-order valence-corrected chi connectivity index (χ1v) is 5.63. The Morgan fingerprint density at radius 3 is 2.62 bits per heavy atom. The Morgan fingerprint density at radius 2 is 2.12 bits per heavy atom. The van der Waals surface area contributed by atoms with Gasteiger partial charge in [-0.2, -0.15) is 0 Å². The van der Waals surface area contributed by atoms with Crippen molar-refractivity contribution in [3.05, 3.63) is 23.5 Å². The summed E-state index contributed by atoms with van der Waals surface area (Å²) in [7, 11) is 0. The molecule has 0 spiro atoms. The number of aldehydes is 1. The van der Waals surface area contributed by atoms with E-state index >= 15 is 0 Å². The number of rotatable bonds is 3. The molecule has 0 aliphatic heterocycles. The maximum atomic E-state index is 11.0. The van der Waals surface area contributed by atoms with Gasteiger partial charge in [0.25, 0.3) is 0 Å². The second-order valence-corrected chi connectivity index (χ2v) is 5.25. The highest BCUT2D eigenvalue weighted by Crippen LogP contribution is 2.36. The predicted octanol–water partition coefficient (Wildman–Crippen LogP) is 2.73. The second-order valence-electron chi connectivity index (χ2n) is 5.25. The standard InChI is InChI=1S/C13H17NO2/c1-13(2,3)12-10(8-15)14-7-6-11(12)16-9-4-5-9/h6-9H,4-5H2,1-3H3. The zero-order valence-corrected chi connectivity index (χ0v) is 9.99. The van der Waals surface area contributed by atoms with Gasteiger partial charge in [0.05, 0.1) is 6.10 Å². The number of aromatic nitrogens is 1. The molecule has 0 aromatic carbocycles. The van der Waals surface area contributed by atoms with Gasteiger partial charge in [0.15, 0.2) is 6.29 Å². The van der Waals surface area contributed by atoms with Gasteiger partial charge < -0.3 is 4.74 Å². The number of ether oxygens (including phenoxy) is 1. The molecule has 1 aliphatic carbocycles. The van der Waals surface area contributed by atoms with E-state index in [1.165, 1.54) is 0 Å². The zero-order valence-electron chi connectivity index (χ0n) is 9.99. The van der Waals surface area contributed by atoms with Crippen molar-refractivity contribution >= 4 is 6.29 Å². The van der Waals surface area contributed by atoms with Crippen LogP contribution in [0.2, 0.25) is 0 Å². The van der Waals surface area contributed by atoms with Crippen molar-refractivity contribution in [2.75, 3.05) is 0 Å². The third-order valence-corrected chi connectivity index (χ3v) is 2.62. The van der Waals surface area contributed by atoms with Crippen LogP contribution in [0.4, 0.5) is 0 Å². The van der Waals surface area contributed by atoms with E-state index < -0.39 is 0 Å². The van der Waals surface area contributed by atoms with E-state index in [-0.39, 0.29) is 5.41 Å². The molecule has 1 aromatic heterocycles. The van der Waals surface area contributed by atoms with E-state index in [1.54, 1.807) is 6.20 Å². The highest BCUT2D eigenvalue weighted by Gasteiger charge is 2.29.